The highest BCUT2D eigenvalue weighted by molar-refractivity contribution is 5.48. The van der Waals surface area contributed by atoms with E-state index < -0.39 is 11.6 Å². The predicted octanol–water partition coefficient (Wildman–Crippen LogP) is 3.28. The third-order valence-electron chi connectivity index (χ3n) is 4.91. The van der Waals surface area contributed by atoms with Gasteiger partial charge in [-0.25, -0.2) is 13.8 Å². The van der Waals surface area contributed by atoms with E-state index >= 15 is 0 Å². The number of hydrogen-bond acceptors (Lipinski definition) is 4. The minimum absolute atomic E-state index is 0.261. The van der Waals surface area contributed by atoms with Gasteiger partial charge in [0.15, 0.2) is 17.3 Å². The largest absolute Gasteiger partial charge is 0.384 e. The molecule has 26 heavy (non-hydrogen) atoms. The molecule has 2 N–H and O–H groups in total. The van der Waals surface area contributed by atoms with Crippen LogP contribution in [0.1, 0.15) is 35.7 Å². The number of benzene rings is 1. The third kappa shape index (κ3) is 3.26. The van der Waals surface area contributed by atoms with Crippen LogP contribution in [0.2, 0.25) is 0 Å². The van der Waals surface area contributed by atoms with Crippen LogP contribution < -0.4 is 5.73 Å². The smallest absolute Gasteiger partial charge is 0.159 e. The fourth-order valence-electron chi connectivity index (χ4n) is 3.68. The first kappa shape index (κ1) is 16.9. The van der Waals surface area contributed by atoms with Crippen molar-refractivity contribution < 1.29 is 8.78 Å². The van der Waals surface area contributed by atoms with Gasteiger partial charge in [0.25, 0.3) is 0 Å². The molecule has 136 valence electrons. The lowest BCUT2D eigenvalue weighted by Crippen LogP contribution is -2.34. The molecule has 3 aromatic rings. The Bertz CT molecular complexity index is 952. The van der Waals surface area contributed by atoms with Crippen LogP contribution in [0.5, 0.6) is 0 Å². The van der Waals surface area contributed by atoms with E-state index in [4.69, 9.17) is 10.7 Å². The number of rotatable bonds is 3. The van der Waals surface area contributed by atoms with E-state index in [9.17, 15) is 8.78 Å². The zero-order valence-electron chi connectivity index (χ0n) is 14.6. The van der Waals surface area contributed by atoms with Crippen LogP contribution in [-0.2, 0) is 6.54 Å². The van der Waals surface area contributed by atoms with E-state index in [2.05, 4.69) is 10.00 Å². The van der Waals surface area contributed by atoms with Crippen LogP contribution in [0.3, 0.4) is 0 Å². The minimum atomic E-state index is -0.811. The summed E-state index contributed by atoms with van der Waals surface area (Å²) in [5.41, 5.74) is 9.51. The molecule has 3 heterocycles. The molecule has 4 rings (SSSR count). The first-order valence-corrected chi connectivity index (χ1v) is 8.78. The van der Waals surface area contributed by atoms with E-state index in [-0.39, 0.29) is 5.92 Å². The zero-order valence-corrected chi connectivity index (χ0v) is 14.6. The fourth-order valence-corrected chi connectivity index (χ4v) is 3.68. The molecule has 1 aliphatic heterocycles. The quantitative estimate of drug-likeness (QED) is 0.782. The molecule has 1 atom stereocenters. The molecule has 2 aromatic heterocycles. The number of likely N-dealkylation sites (tertiary alicyclic amines) is 1. The van der Waals surface area contributed by atoms with Crippen molar-refractivity contribution in [2.75, 3.05) is 18.8 Å². The summed E-state index contributed by atoms with van der Waals surface area (Å²) in [5.74, 6) is -0.770. The number of aromatic nitrogens is 3. The lowest BCUT2D eigenvalue weighted by Gasteiger charge is -2.32. The SMILES string of the molecule is Cc1cc2nc([C@@H]3CCCN(Cc4ccc(F)c(F)c4)C3)cc(N)n2n1. The number of aryl methyl sites for hydroxylation is 1. The van der Waals surface area contributed by atoms with Crippen LogP contribution in [0.25, 0.3) is 5.65 Å². The summed E-state index contributed by atoms with van der Waals surface area (Å²) >= 11 is 0. The van der Waals surface area contributed by atoms with E-state index in [0.29, 0.717) is 12.4 Å². The molecule has 0 spiro atoms. The second kappa shape index (κ2) is 6.64. The van der Waals surface area contributed by atoms with Gasteiger partial charge in [-0.05, 0) is 44.0 Å². The van der Waals surface area contributed by atoms with Crippen molar-refractivity contribution in [1.82, 2.24) is 19.5 Å². The first-order valence-electron chi connectivity index (χ1n) is 8.78. The normalized spacial score (nSPS) is 18.5. The van der Waals surface area contributed by atoms with Gasteiger partial charge in [-0.3, -0.25) is 4.90 Å². The van der Waals surface area contributed by atoms with Gasteiger partial charge in [0.2, 0.25) is 0 Å². The van der Waals surface area contributed by atoms with Gasteiger partial charge in [-0.2, -0.15) is 9.61 Å². The Kier molecular flexibility index (Phi) is 4.32. The van der Waals surface area contributed by atoms with E-state index in [1.807, 2.05) is 19.1 Å². The second-order valence-corrected chi connectivity index (χ2v) is 6.98. The maximum absolute atomic E-state index is 13.4. The Morgan fingerprint density at radius 3 is 2.85 bits per heavy atom. The molecule has 0 saturated carbocycles. The Hall–Kier alpha value is -2.54. The molecule has 0 amide bonds. The van der Waals surface area contributed by atoms with Crippen LogP contribution in [-0.4, -0.2) is 32.6 Å². The highest BCUT2D eigenvalue weighted by Crippen LogP contribution is 2.28. The number of hydrogen-bond donors (Lipinski definition) is 1. The topological polar surface area (TPSA) is 59.5 Å². The molecule has 0 radical (unpaired) electrons. The summed E-state index contributed by atoms with van der Waals surface area (Å²) in [5, 5.41) is 4.34. The summed E-state index contributed by atoms with van der Waals surface area (Å²) in [4.78, 5) is 6.99. The number of anilines is 1. The number of fused-ring (bicyclic) bond motifs is 1. The van der Waals surface area contributed by atoms with Crippen LogP contribution >= 0.6 is 0 Å². The van der Waals surface area contributed by atoms with E-state index in [1.165, 1.54) is 12.1 Å². The molecule has 1 aliphatic rings. The van der Waals surface area contributed by atoms with Gasteiger partial charge in [-0.1, -0.05) is 6.07 Å². The average Bonchev–Trinajstić information content (AvgIpc) is 2.99. The monoisotopic (exact) mass is 357 g/mol. The Morgan fingerprint density at radius 1 is 1.19 bits per heavy atom. The Labute approximate surface area is 150 Å². The maximum atomic E-state index is 13.4. The van der Waals surface area contributed by atoms with Gasteiger partial charge in [0.1, 0.15) is 5.82 Å². The fraction of sp³-hybridized carbons (Fsp3) is 0.368. The number of nitrogens with zero attached hydrogens (tertiary/aromatic N) is 4. The highest BCUT2D eigenvalue weighted by Gasteiger charge is 2.24. The molecule has 1 fully saturated rings. The molecular weight excluding hydrogens is 336 g/mol. The number of nitrogen functional groups attached to an aromatic ring is 1. The minimum Gasteiger partial charge on any atom is -0.384 e. The standard InChI is InChI=1S/C19H21F2N5/c1-12-7-19-23-17(9-18(22)26(19)24-12)14-3-2-6-25(11-14)10-13-4-5-15(20)16(21)8-13/h4-5,7-9,14H,2-3,6,10-11,22H2,1H3/t14-/m1/s1. The molecule has 0 aliphatic carbocycles. The van der Waals surface area contributed by atoms with Gasteiger partial charge in [-0.15, -0.1) is 0 Å². The number of halogens is 2. The van der Waals surface area contributed by atoms with E-state index in [0.717, 1.165) is 48.5 Å². The molecule has 7 heteroatoms. The van der Waals surface area contributed by atoms with Crippen molar-refractivity contribution in [3.05, 3.63) is 58.9 Å². The van der Waals surface area contributed by atoms with Crippen molar-refractivity contribution in [2.45, 2.75) is 32.2 Å². The van der Waals surface area contributed by atoms with Crippen LogP contribution in [0.4, 0.5) is 14.6 Å². The van der Waals surface area contributed by atoms with Gasteiger partial charge in [0.05, 0.1) is 11.4 Å². The number of nitrogens with two attached hydrogens (primary N) is 1. The lowest BCUT2D eigenvalue weighted by atomic mass is 9.94. The summed E-state index contributed by atoms with van der Waals surface area (Å²) in [6, 6.07) is 7.91. The molecule has 0 bridgehead atoms. The molecular formula is C19H21F2N5. The first-order chi connectivity index (χ1) is 12.5. The zero-order chi connectivity index (χ0) is 18.3. The van der Waals surface area contributed by atoms with Crippen molar-refractivity contribution >= 4 is 11.5 Å². The second-order valence-electron chi connectivity index (χ2n) is 6.98. The molecule has 1 aromatic carbocycles. The molecule has 1 saturated heterocycles. The van der Waals surface area contributed by atoms with Crippen molar-refractivity contribution in [1.29, 1.82) is 0 Å². The highest BCUT2D eigenvalue weighted by atomic mass is 19.2. The van der Waals surface area contributed by atoms with Crippen LogP contribution in [0.15, 0.2) is 30.3 Å². The van der Waals surface area contributed by atoms with Crippen molar-refractivity contribution in [3.63, 3.8) is 0 Å². The predicted molar refractivity (Wildman–Crippen MR) is 95.7 cm³/mol. The Balaban J connectivity index is 1.53. The number of piperidine rings is 1. The Morgan fingerprint density at radius 2 is 2.04 bits per heavy atom. The van der Waals surface area contributed by atoms with Gasteiger partial charge >= 0.3 is 0 Å². The summed E-state index contributed by atoms with van der Waals surface area (Å²) in [7, 11) is 0. The van der Waals surface area contributed by atoms with E-state index in [1.54, 1.807) is 10.6 Å². The van der Waals surface area contributed by atoms with Gasteiger partial charge < -0.3 is 5.73 Å². The van der Waals surface area contributed by atoms with Crippen LogP contribution in [0, 0.1) is 18.6 Å². The molecule has 0 unspecified atom stereocenters. The maximum Gasteiger partial charge on any atom is 0.159 e. The van der Waals surface area contributed by atoms with Crippen molar-refractivity contribution in [2.24, 2.45) is 0 Å². The van der Waals surface area contributed by atoms with Gasteiger partial charge in [0, 0.05) is 31.1 Å². The summed E-state index contributed by atoms with van der Waals surface area (Å²) in [6.45, 7) is 4.25. The lowest BCUT2D eigenvalue weighted by molar-refractivity contribution is 0.198. The summed E-state index contributed by atoms with van der Waals surface area (Å²) < 4.78 is 28.2. The summed E-state index contributed by atoms with van der Waals surface area (Å²) in [6.07, 6.45) is 2.06. The molecule has 5 nitrogen and oxygen atoms in total. The third-order valence-corrected chi connectivity index (χ3v) is 4.91. The van der Waals surface area contributed by atoms with Crippen molar-refractivity contribution in [3.8, 4) is 0 Å². The average molecular weight is 357 g/mol.